The molecule has 0 saturated heterocycles. The van der Waals surface area contributed by atoms with Crippen LogP contribution in [0, 0.1) is 5.92 Å². The van der Waals surface area contributed by atoms with Crippen LogP contribution in [0.2, 0.25) is 0 Å². The maximum Gasteiger partial charge on any atom is 0.408 e. The van der Waals surface area contributed by atoms with Crippen LogP contribution in [0.15, 0.2) is 0 Å². The van der Waals surface area contributed by atoms with E-state index in [9.17, 15) is 14.4 Å². The van der Waals surface area contributed by atoms with Crippen LogP contribution in [0.4, 0.5) is 4.79 Å². The van der Waals surface area contributed by atoms with Gasteiger partial charge in [-0.2, -0.15) is 0 Å². The summed E-state index contributed by atoms with van der Waals surface area (Å²) in [5.41, 5.74) is -0.626. The second-order valence-corrected chi connectivity index (χ2v) is 7.28. The van der Waals surface area contributed by atoms with Gasteiger partial charge in [0.2, 0.25) is 11.8 Å². The topological polar surface area (TPSA) is 96.5 Å². The normalized spacial score (nSPS) is 16.3. The van der Waals surface area contributed by atoms with Crippen molar-refractivity contribution in [2.75, 3.05) is 13.1 Å². The lowest BCUT2D eigenvalue weighted by Crippen LogP contribution is -2.49. The molecule has 0 aromatic rings. The molecule has 1 atom stereocenters. The Labute approximate surface area is 144 Å². The van der Waals surface area contributed by atoms with Crippen LogP contribution in [0.1, 0.15) is 59.8 Å². The molecule has 0 unspecified atom stereocenters. The third-order valence-corrected chi connectivity index (χ3v) is 3.90. The molecule has 0 radical (unpaired) electrons. The zero-order valence-electron chi connectivity index (χ0n) is 15.2. The van der Waals surface area contributed by atoms with Crippen molar-refractivity contribution in [2.45, 2.75) is 71.4 Å². The number of ether oxygens (including phenoxy) is 1. The first-order valence-corrected chi connectivity index (χ1v) is 8.75. The first-order chi connectivity index (χ1) is 11.2. The summed E-state index contributed by atoms with van der Waals surface area (Å²) >= 11 is 0. The molecule has 3 N–H and O–H groups in total. The lowest BCUT2D eigenvalue weighted by Gasteiger charge is -2.22. The van der Waals surface area contributed by atoms with Gasteiger partial charge in [0, 0.05) is 6.54 Å². The fourth-order valence-corrected chi connectivity index (χ4v) is 2.63. The van der Waals surface area contributed by atoms with E-state index in [1.807, 2.05) is 0 Å². The van der Waals surface area contributed by atoms with Crippen molar-refractivity contribution >= 4 is 17.9 Å². The largest absolute Gasteiger partial charge is 0.444 e. The summed E-state index contributed by atoms with van der Waals surface area (Å²) in [5.74, 6) is -0.0383. The summed E-state index contributed by atoms with van der Waals surface area (Å²) < 4.78 is 5.13. The van der Waals surface area contributed by atoms with E-state index in [1.165, 1.54) is 12.8 Å². The zero-order valence-corrected chi connectivity index (χ0v) is 15.2. The average Bonchev–Trinajstić information content (AvgIpc) is 2.99. The molecule has 1 aliphatic carbocycles. The van der Waals surface area contributed by atoms with Gasteiger partial charge in [-0.25, -0.2) is 4.79 Å². The van der Waals surface area contributed by atoms with Crippen molar-refractivity contribution in [3.05, 3.63) is 0 Å². The molecular formula is C17H31N3O4. The van der Waals surface area contributed by atoms with Gasteiger partial charge in [0.1, 0.15) is 11.6 Å². The number of carbonyl (C=O) groups excluding carboxylic acids is 3. The monoisotopic (exact) mass is 341 g/mol. The Morgan fingerprint density at radius 2 is 1.75 bits per heavy atom. The summed E-state index contributed by atoms with van der Waals surface area (Å²) in [6.07, 6.45) is 4.54. The number of carbonyl (C=O) groups is 3. The third-order valence-electron chi connectivity index (χ3n) is 3.90. The molecule has 0 heterocycles. The van der Waals surface area contributed by atoms with E-state index >= 15 is 0 Å². The Hall–Kier alpha value is -1.79. The predicted octanol–water partition coefficient (Wildman–Crippen LogP) is 1.71. The van der Waals surface area contributed by atoms with Crippen LogP contribution >= 0.6 is 0 Å². The Bertz CT molecular complexity index is 440. The lowest BCUT2D eigenvalue weighted by atomic mass is 10.1. The van der Waals surface area contributed by atoms with E-state index in [4.69, 9.17) is 4.74 Å². The highest BCUT2D eigenvalue weighted by atomic mass is 16.6. The van der Waals surface area contributed by atoms with Crippen LogP contribution in [0.5, 0.6) is 0 Å². The number of amides is 3. The Morgan fingerprint density at radius 3 is 2.29 bits per heavy atom. The molecule has 0 spiro atoms. The number of rotatable bonds is 7. The van der Waals surface area contributed by atoms with Gasteiger partial charge < -0.3 is 20.7 Å². The molecule has 1 aliphatic rings. The highest BCUT2D eigenvalue weighted by molar-refractivity contribution is 5.89. The summed E-state index contributed by atoms with van der Waals surface area (Å²) in [7, 11) is 0. The molecular weight excluding hydrogens is 310 g/mol. The quantitative estimate of drug-likeness (QED) is 0.657. The summed E-state index contributed by atoms with van der Waals surface area (Å²) in [4.78, 5) is 35.6. The predicted molar refractivity (Wildman–Crippen MR) is 91.4 cm³/mol. The third kappa shape index (κ3) is 8.17. The van der Waals surface area contributed by atoms with Crippen molar-refractivity contribution in [2.24, 2.45) is 5.92 Å². The van der Waals surface area contributed by atoms with Crippen LogP contribution < -0.4 is 16.0 Å². The highest BCUT2D eigenvalue weighted by Gasteiger charge is 2.23. The van der Waals surface area contributed by atoms with Gasteiger partial charge in [-0.3, -0.25) is 9.59 Å². The van der Waals surface area contributed by atoms with Gasteiger partial charge in [0.05, 0.1) is 6.54 Å². The molecule has 1 saturated carbocycles. The van der Waals surface area contributed by atoms with Crippen LogP contribution in [-0.2, 0) is 14.3 Å². The lowest BCUT2D eigenvalue weighted by molar-refractivity contribution is -0.127. The minimum atomic E-state index is -0.720. The zero-order chi connectivity index (χ0) is 18.2. The van der Waals surface area contributed by atoms with Gasteiger partial charge in [-0.05, 0) is 46.0 Å². The molecule has 138 valence electrons. The molecule has 3 amide bonds. The molecule has 24 heavy (non-hydrogen) atoms. The minimum absolute atomic E-state index is 0.0853. The van der Waals surface area contributed by atoms with Crippen LogP contribution in [0.25, 0.3) is 0 Å². The highest BCUT2D eigenvalue weighted by Crippen LogP contribution is 2.23. The fraction of sp³-hybridized carbons (Fsp3) is 0.824. The van der Waals surface area contributed by atoms with E-state index in [0.29, 0.717) is 18.9 Å². The maximum atomic E-state index is 12.1. The molecule has 1 rings (SSSR count). The smallest absolute Gasteiger partial charge is 0.408 e. The van der Waals surface area contributed by atoms with Crippen LogP contribution in [0.3, 0.4) is 0 Å². The van der Waals surface area contributed by atoms with Gasteiger partial charge >= 0.3 is 6.09 Å². The molecule has 0 aromatic heterocycles. The number of hydrogen-bond acceptors (Lipinski definition) is 4. The second kappa shape index (κ2) is 9.49. The minimum Gasteiger partial charge on any atom is -0.444 e. The van der Waals surface area contributed by atoms with Crippen LogP contribution in [-0.4, -0.2) is 42.6 Å². The summed E-state index contributed by atoms with van der Waals surface area (Å²) in [6.45, 7) is 7.62. The summed E-state index contributed by atoms with van der Waals surface area (Å²) in [6, 6.07) is -0.720. The van der Waals surface area contributed by atoms with Crippen molar-refractivity contribution in [3.63, 3.8) is 0 Å². The maximum absolute atomic E-state index is 12.1. The first-order valence-electron chi connectivity index (χ1n) is 8.75. The Morgan fingerprint density at radius 1 is 1.12 bits per heavy atom. The van der Waals surface area contributed by atoms with E-state index in [2.05, 4.69) is 16.0 Å². The average molecular weight is 341 g/mol. The van der Waals surface area contributed by atoms with Crippen molar-refractivity contribution < 1.29 is 19.1 Å². The molecule has 0 bridgehead atoms. The standard InChI is InChI=1S/C17H31N3O4/c1-5-13(20-16(23)24-17(2,3)4)15(22)19-11-14(21)18-10-12-8-6-7-9-12/h12-13H,5-11H2,1-4H3,(H,18,21)(H,19,22)(H,20,23)/t13-/m0/s1. The fourth-order valence-electron chi connectivity index (χ4n) is 2.63. The Kier molecular flexibility index (Phi) is 8.01. The summed E-state index contributed by atoms with van der Waals surface area (Å²) in [5, 5.41) is 7.92. The van der Waals surface area contributed by atoms with Gasteiger partial charge in [0.15, 0.2) is 0 Å². The number of hydrogen-bond donors (Lipinski definition) is 3. The SMILES string of the molecule is CC[C@H](NC(=O)OC(C)(C)C)C(=O)NCC(=O)NCC1CCCC1. The molecule has 0 aliphatic heterocycles. The second-order valence-electron chi connectivity index (χ2n) is 7.28. The molecule has 1 fully saturated rings. The van der Waals surface area contributed by atoms with E-state index in [1.54, 1.807) is 27.7 Å². The number of nitrogens with one attached hydrogen (secondary N) is 3. The van der Waals surface area contributed by atoms with Crippen molar-refractivity contribution in [1.29, 1.82) is 0 Å². The van der Waals surface area contributed by atoms with E-state index in [0.717, 1.165) is 12.8 Å². The van der Waals surface area contributed by atoms with Crippen molar-refractivity contribution in [3.8, 4) is 0 Å². The van der Waals surface area contributed by atoms with Gasteiger partial charge in [0.25, 0.3) is 0 Å². The first kappa shape index (κ1) is 20.3. The van der Waals surface area contributed by atoms with E-state index < -0.39 is 17.7 Å². The van der Waals surface area contributed by atoms with Gasteiger partial charge in [-0.15, -0.1) is 0 Å². The Balaban J connectivity index is 2.29. The van der Waals surface area contributed by atoms with E-state index in [-0.39, 0.29) is 18.4 Å². The molecule has 7 heteroatoms. The van der Waals surface area contributed by atoms with Crippen molar-refractivity contribution in [1.82, 2.24) is 16.0 Å². The van der Waals surface area contributed by atoms with Gasteiger partial charge in [-0.1, -0.05) is 19.8 Å². The number of alkyl carbamates (subject to hydrolysis) is 1. The molecule has 0 aromatic carbocycles. The molecule has 7 nitrogen and oxygen atoms in total.